The van der Waals surface area contributed by atoms with E-state index in [-0.39, 0.29) is 4.91 Å². The monoisotopic (exact) mass is 217 g/mol. The Balaban J connectivity index is 4.31. The predicted octanol–water partition coefficient (Wildman–Crippen LogP) is 2.19. The predicted molar refractivity (Wildman–Crippen MR) is 60.4 cm³/mol. The maximum atomic E-state index is 11.3. The summed E-state index contributed by atoms with van der Waals surface area (Å²) in [5.74, 6) is 0. The van der Waals surface area contributed by atoms with Crippen molar-refractivity contribution in [2.45, 2.75) is 33.6 Å². The van der Waals surface area contributed by atoms with Crippen LogP contribution in [0.3, 0.4) is 0 Å². The minimum absolute atomic E-state index is 0.157. The van der Waals surface area contributed by atoms with Gasteiger partial charge < -0.3 is 0 Å². The fraction of sp³-hybridized carbons (Fsp3) is 0.600. The molecule has 0 aromatic carbocycles. The number of sulfonamides is 1. The molecule has 0 spiro atoms. The first kappa shape index (κ1) is 13.4. The Morgan fingerprint density at radius 1 is 1.43 bits per heavy atom. The van der Waals surface area contributed by atoms with Crippen molar-refractivity contribution in [2.24, 2.45) is 0 Å². The molecular formula is C10H19NO2S. The van der Waals surface area contributed by atoms with E-state index >= 15 is 0 Å². The van der Waals surface area contributed by atoms with Crippen molar-refractivity contribution < 1.29 is 8.42 Å². The zero-order chi connectivity index (χ0) is 11.2. The topological polar surface area (TPSA) is 46.2 Å². The molecule has 0 aliphatic carbocycles. The highest BCUT2D eigenvalue weighted by Gasteiger charge is 2.10. The first-order chi connectivity index (χ1) is 6.44. The highest BCUT2D eigenvalue weighted by atomic mass is 32.2. The fourth-order valence-corrected chi connectivity index (χ4v) is 1.56. The van der Waals surface area contributed by atoms with Crippen LogP contribution in [0.5, 0.6) is 0 Å². The van der Waals surface area contributed by atoms with Gasteiger partial charge in [0.05, 0.1) is 0 Å². The lowest BCUT2D eigenvalue weighted by Gasteiger charge is -2.07. The van der Waals surface area contributed by atoms with Crippen LogP contribution in [0.15, 0.2) is 23.1 Å². The lowest BCUT2D eigenvalue weighted by atomic mass is 10.2. The third-order valence-corrected chi connectivity index (χ3v) is 3.34. The van der Waals surface area contributed by atoms with Crippen molar-refractivity contribution in [1.82, 2.24) is 4.72 Å². The first-order valence-electron chi connectivity index (χ1n) is 4.77. The number of rotatable bonds is 6. The van der Waals surface area contributed by atoms with Gasteiger partial charge in [0.1, 0.15) is 0 Å². The smallest absolute Gasteiger partial charge is 0.207 e. The largest absolute Gasteiger partial charge is 0.236 e. The van der Waals surface area contributed by atoms with Gasteiger partial charge in [-0.2, -0.15) is 0 Å². The van der Waals surface area contributed by atoms with Crippen molar-refractivity contribution in [3.63, 3.8) is 0 Å². The molecule has 0 aliphatic heterocycles. The molecular weight excluding hydrogens is 198 g/mol. The van der Waals surface area contributed by atoms with Crippen molar-refractivity contribution in [3.05, 3.63) is 23.1 Å². The van der Waals surface area contributed by atoms with Crippen LogP contribution in [-0.2, 0) is 10.0 Å². The van der Waals surface area contributed by atoms with Gasteiger partial charge in [-0.25, -0.2) is 13.1 Å². The molecule has 0 radical (unpaired) electrons. The molecule has 0 atom stereocenters. The van der Waals surface area contributed by atoms with Crippen LogP contribution < -0.4 is 4.72 Å². The van der Waals surface area contributed by atoms with E-state index in [4.69, 9.17) is 0 Å². The van der Waals surface area contributed by atoms with Gasteiger partial charge in [0.25, 0.3) is 0 Å². The van der Waals surface area contributed by atoms with Gasteiger partial charge in [-0.05, 0) is 19.8 Å². The molecule has 0 saturated heterocycles. The summed E-state index contributed by atoms with van der Waals surface area (Å²) in [5.41, 5.74) is 1.11. The van der Waals surface area contributed by atoms with E-state index in [2.05, 4.69) is 11.3 Å². The second-order valence-corrected chi connectivity index (χ2v) is 5.14. The maximum Gasteiger partial charge on any atom is 0.236 e. The second kappa shape index (κ2) is 5.98. The van der Waals surface area contributed by atoms with E-state index in [1.54, 1.807) is 0 Å². The van der Waals surface area contributed by atoms with Crippen molar-refractivity contribution in [1.29, 1.82) is 0 Å². The van der Waals surface area contributed by atoms with Crippen LogP contribution in [0.4, 0.5) is 0 Å². The zero-order valence-electron chi connectivity index (χ0n) is 9.13. The molecule has 14 heavy (non-hydrogen) atoms. The molecule has 0 fully saturated rings. The zero-order valence-corrected chi connectivity index (χ0v) is 9.95. The average Bonchev–Trinajstić information content (AvgIpc) is 2.12. The molecule has 82 valence electrons. The van der Waals surface area contributed by atoms with Gasteiger partial charge in [0, 0.05) is 11.4 Å². The Morgan fingerprint density at radius 2 is 2.00 bits per heavy atom. The van der Waals surface area contributed by atoms with E-state index in [0.29, 0.717) is 6.54 Å². The molecule has 0 rings (SSSR count). The summed E-state index contributed by atoms with van der Waals surface area (Å²) in [7, 11) is -3.31. The minimum atomic E-state index is -3.31. The summed E-state index contributed by atoms with van der Waals surface area (Å²) in [5, 5.41) is 0. The van der Waals surface area contributed by atoms with Crippen molar-refractivity contribution >= 4 is 10.0 Å². The molecule has 0 aromatic heterocycles. The van der Waals surface area contributed by atoms with E-state index in [1.807, 2.05) is 19.9 Å². The number of allylic oxidation sites excluding steroid dienone is 2. The first-order valence-corrected chi connectivity index (χ1v) is 6.25. The number of hydrogen-bond acceptors (Lipinski definition) is 2. The summed E-state index contributed by atoms with van der Waals surface area (Å²) < 4.78 is 25.1. The van der Waals surface area contributed by atoms with Gasteiger partial charge in [-0.15, -0.1) is 0 Å². The summed E-state index contributed by atoms with van der Waals surface area (Å²) in [6.07, 6.45) is 3.84. The molecule has 0 unspecified atom stereocenters. The lowest BCUT2D eigenvalue weighted by Crippen LogP contribution is -2.25. The van der Waals surface area contributed by atoms with Gasteiger partial charge in [0.15, 0.2) is 0 Å². The molecule has 0 amide bonds. The summed E-state index contributed by atoms with van der Waals surface area (Å²) in [6, 6.07) is 0. The van der Waals surface area contributed by atoms with Crippen LogP contribution >= 0.6 is 0 Å². The Kier molecular flexibility index (Phi) is 5.72. The Hall–Kier alpha value is -0.610. The lowest BCUT2D eigenvalue weighted by molar-refractivity contribution is 0.590. The maximum absolute atomic E-state index is 11.3. The van der Waals surface area contributed by atoms with Crippen LogP contribution in [0.25, 0.3) is 0 Å². The fourth-order valence-electron chi connectivity index (χ4n) is 0.941. The Bertz CT molecular complexity index is 315. The standard InChI is InChI=1S/C10H19NO2S/c1-5-7-10(6-2)8-11-14(12,13)9(3)4/h7,11H,3,5-6,8H2,1-2,4H3/b10-7+. The summed E-state index contributed by atoms with van der Waals surface area (Å²) >= 11 is 0. The van der Waals surface area contributed by atoms with E-state index < -0.39 is 10.0 Å². The molecule has 0 aliphatic rings. The molecule has 1 N–H and O–H groups in total. The average molecular weight is 217 g/mol. The highest BCUT2D eigenvalue weighted by Crippen LogP contribution is 2.04. The van der Waals surface area contributed by atoms with Crippen LogP contribution in [0, 0.1) is 0 Å². The Morgan fingerprint density at radius 3 is 2.36 bits per heavy atom. The van der Waals surface area contributed by atoms with Gasteiger partial charge in [0.2, 0.25) is 10.0 Å². The van der Waals surface area contributed by atoms with Crippen molar-refractivity contribution in [2.75, 3.05) is 6.54 Å². The quantitative estimate of drug-likeness (QED) is 0.693. The third kappa shape index (κ3) is 4.58. The molecule has 4 heteroatoms. The minimum Gasteiger partial charge on any atom is -0.207 e. The number of nitrogens with one attached hydrogen (secondary N) is 1. The van der Waals surface area contributed by atoms with E-state index in [0.717, 1.165) is 18.4 Å². The normalized spacial score (nSPS) is 12.9. The Labute approximate surface area is 87.0 Å². The summed E-state index contributed by atoms with van der Waals surface area (Å²) in [6.45, 7) is 9.32. The van der Waals surface area contributed by atoms with Gasteiger partial charge in [-0.1, -0.05) is 32.1 Å². The van der Waals surface area contributed by atoms with Gasteiger partial charge in [-0.3, -0.25) is 0 Å². The summed E-state index contributed by atoms with van der Waals surface area (Å²) in [4.78, 5) is 0.157. The van der Waals surface area contributed by atoms with Crippen LogP contribution in [-0.4, -0.2) is 15.0 Å². The SMILES string of the molecule is C=C(C)S(=O)(=O)NC/C(=C/CC)CC. The third-order valence-electron chi connectivity index (χ3n) is 1.89. The molecule has 0 aromatic rings. The molecule has 3 nitrogen and oxygen atoms in total. The molecule has 0 heterocycles. The second-order valence-electron chi connectivity index (χ2n) is 3.15. The number of hydrogen-bond donors (Lipinski definition) is 1. The van der Waals surface area contributed by atoms with Gasteiger partial charge >= 0.3 is 0 Å². The molecule has 0 bridgehead atoms. The van der Waals surface area contributed by atoms with E-state index in [9.17, 15) is 8.42 Å². The van der Waals surface area contributed by atoms with Crippen LogP contribution in [0.2, 0.25) is 0 Å². The highest BCUT2D eigenvalue weighted by molar-refractivity contribution is 7.93. The van der Waals surface area contributed by atoms with Crippen molar-refractivity contribution in [3.8, 4) is 0 Å². The van der Waals surface area contributed by atoms with E-state index in [1.165, 1.54) is 6.92 Å². The van der Waals surface area contributed by atoms with Crippen LogP contribution in [0.1, 0.15) is 33.6 Å². The molecule has 0 saturated carbocycles.